The summed E-state index contributed by atoms with van der Waals surface area (Å²) in [5, 5.41) is 6.35. The molecule has 0 aromatic heterocycles. The summed E-state index contributed by atoms with van der Waals surface area (Å²) in [7, 11) is 0. The lowest BCUT2D eigenvalue weighted by atomic mass is 10.1. The van der Waals surface area contributed by atoms with Gasteiger partial charge in [-0.3, -0.25) is 4.79 Å². The van der Waals surface area contributed by atoms with Crippen molar-refractivity contribution in [1.82, 2.24) is 0 Å². The van der Waals surface area contributed by atoms with Crippen LogP contribution in [0.3, 0.4) is 0 Å². The van der Waals surface area contributed by atoms with E-state index in [1.807, 2.05) is 67.6 Å². The van der Waals surface area contributed by atoms with Crippen molar-refractivity contribution >= 4 is 23.0 Å². The molecule has 0 bridgehead atoms. The number of hydrogen-bond acceptors (Lipinski definition) is 2. The minimum absolute atomic E-state index is 0.105. The number of carbonyl (C=O) groups excluding carboxylic acids is 1. The van der Waals surface area contributed by atoms with Crippen molar-refractivity contribution in [3.63, 3.8) is 0 Å². The van der Waals surface area contributed by atoms with E-state index in [9.17, 15) is 4.79 Å². The van der Waals surface area contributed by atoms with Crippen LogP contribution in [0.25, 0.3) is 0 Å². The topological polar surface area (TPSA) is 41.1 Å². The van der Waals surface area contributed by atoms with E-state index in [1.165, 1.54) is 5.56 Å². The first-order chi connectivity index (χ1) is 11.6. The van der Waals surface area contributed by atoms with E-state index >= 15 is 0 Å². The van der Waals surface area contributed by atoms with Crippen molar-refractivity contribution in [2.45, 2.75) is 13.8 Å². The Labute approximate surface area is 142 Å². The number of nitrogens with one attached hydrogen (secondary N) is 2. The predicted molar refractivity (Wildman–Crippen MR) is 100 cm³/mol. The van der Waals surface area contributed by atoms with Gasteiger partial charge in [0.05, 0.1) is 11.4 Å². The zero-order valence-corrected chi connectivity index (χ0v) is 13.8. The zero-order chi connectivity index (χ0) is 16.9. The number of anilines is 3. The lowest BCUT2D eigenvalue weighted by molar-refractivity contribution is 0.102. The van der Waals surface area contributed by atoms with Crippen LogP contribution in [0, 0.1) is 13.8 Å². The van der Waals surface area contributed by atoms with Crippen LogP contribution in [-0.4, -0.2) is 5.91 Å². The average molecular weight is 316 g/mol. The van der Waals surface area contributed by atoms with E-state index in [0.717, 1.165) is 22.6 Å². The standard InChI is InChI=1S/C21H20N2O/c1-15-11-13-17(14-12-15)22-19-9-5-6-10-20(19)23-21(24)18-8-4-3-7-16(18)2/h3-14,22H,1-2H3,(H,23,24). The maximum atomic E-state index is 12.5. The van der Waals surface area contributed by atoms with E-state index in [2.05, 4.69) is 29.7 Å². The van der Waals surface area contributed by atoms with Crippen LogP contribution in [0.1, 0.15) is 21.5 Å². The summed E-state index contributed by atoms with van der Waals surface area (Å²) in [6.07, 6.45) is 0. The molecule has 0 saturated carbocycles. The van der Waals surface area contributed by atoms with Gasteiger partial charge in [-0.25, -0.2) is 0 Å². The summed E-state index contributed by atoms with van der Waals surface area (Å²) in [6.45, 7) is 3.99. The molecule has 3 heteroatoms. The molecule has 0 atom stereocenters. The Bertz CT molecular complexity index is 854. The van der Waals surface area contributed by atoms with Gasteiger partial charge in [0.25, 0.3) is 5.91 Å². The third-order valence-corrected chi connectivity index (χ3v) is 3.90. The number of para-hydroxylation sites is 2. The first-order valence-electron chi connectivity index (χ1n) is 7.93. The van der Waals surface area contributed by atoms with Crippen LogP contribution >= 0.6 is 0 Å². The smallest absolute Gasteiger partial charge is 0.255 e. The molecular formula is C21H20N2O. The van der Waals surface area contributed by atoms with E-state index in [-0.39, 0.29) is 5.91 Å². The van der Waals surface area contributed by atoms with Gasteiger partial charge in [0, 0.05) is 11.3 Å². The summed E-state index contributed by atoms with van der Waals surface area (Å²) in [6, 6.07) is 23.4. The maximum Gasteiger partial charge on any atom is 0.255 e. The highest BCUT2D eigenvalue weighted by molar-refractivity contribution is 6.07. The maximum absolute atomic E-state index is 12.5. The minimum atomic E-state index is -0.105. The molecule has 0 heterocycles. The molecule has 24 heavy (non-hydrogen) atoms. The molecule has 3 nitrogen and oxygen atoms in total. The fourth-order valence-corrected chi connectivity index (χ4v) is 2.51. The highest BCUT2D eigenvalue weighted by Crippen LogP contribution is 2.26. The molecule has 0 unspecified atom stereocenters. The van der Waals surface area contributed by atoms with Gasteiger partial charge in [0.1, 0.15) is 0 Å². The van der Waals surface area contributed by atoms with Crippen LogP contribution in [0.4, 0.5) is 17.1 Å². The first-order valence-corrected chi connectivity index (χ1v) is 7.93. The van der Waals surface area contributed by atoms with Crippen LogP contribution in [0.2, 0.25) is 0 Å². The first kappa shape index (κ1) is 15.8. The van der Waals surface area contributed by atoms with Crippen molar-refractivity contribution < 1.29 is 4.79 Å². The van der Waals surface area contributed by atoms with Gasteiger partial charge in [-0.2, -0.15) is 0 Å². The lowest BCUT2D eigenvalue weighted by Gasteiger charge is -2.14. The van der Waals surface area contributed by atoms with Gasteiger partial charge in [0.2, 0.25) is 0 Å². The van der Waals surface area contributed by atoms with Crippen LogP contribution in [0.5, 0.6) is 0 Å². The van der Waals surface area contributed by atoms with Gasteiger partial charge in [0.15, 0.2) is 0 Å². The Hall–Kier alpha value is -3.07. The molecule has 0 aliphatic rings. The number of benzene rings is 3. The number of carbonyl (C=O) groups is 1. The molecule has 0 aliphatic heterocycles. The molecule has 0 aliphatic carbocycles. The van der Waals surface area contributed by atoms with Gasteiger partial charge in [-0.15, -0.1) is 0 Å². The summed E-state index contributed by atoms with van der Waals surface area (Å²) < 4.78 is 0. The van der Waals surface area contributed by atoms with Gasteiger partial charge in [-0.1, -0.05) is 48.0 Å². The lowest BCUT2D eigenvalue weighted by Crippen LogP contribution is -2.14. The second-order valence-corrected chi connectivity index (χ2v) is 5.81. The Balaban J connectivity index is 1.83. The molecule has 3 aromatic carbocycles. The molecule has 0 fully saturated rings. The number of rotatable bonds is 4. The molecular weight excluding hydrogens is 296 g/mol. The third kappa shape index (κ3) is 3.63. The summed E-state index contributed by atoms with van der Waals surface area (Å²) in [5.74, 6) is -0.105. The monoisotopic (exact) mass is 316 g/mol. The largest absolute Gasteiger partial charge is 0.354 e. The Kier molecular flexibility index (Phi) is 4.62. The highest BCUT2D eigenvalue weighted by atomic mass is 16.1. The van der Waals surface area contributed by atoms with Crippen molar-refractivity contribution in [2.24, 2.45) is 0 Å². The van der Waals surface area contributed by atoms with Crippen LogP contribution in [-0.2, 0) is 0 Å². The molecule has 3 rings (SSSR count). The van der Waals surface area contributed by atoms with Crippen molar-refractivity contribution in [3.05, 3.63) is 89.5 Å². The van der Waals surface area contributed by atoms with E-state index in [1.54, 1.807) is 0 Å². The van der Waals surface area contributed by atoms with Crippen molar-refractivity contribution in [3.8, 4) is 0 Å². The summed E-state index contributed by atoms with van der Waals surface area (Å²) in [4.78, 5) is 12.5. The van der Waals surface area contributed by atoms with E-state index in [0.29, 0.717) is 5.56 Å². The number of aryl methyl sites for hydroxylation is 2. The predicted octanol–water partition coefficient (Wildman–Crippen LogP) is 5.30. The van der Waals surface area contributed by atoms with Gasteiger partial charge >= 0.3 is 0 Å². The summed E-state index contributed by atoms with van der Waals surface area (Å²) in [5.41, 5.74) is 5.45. The zero-order valence-electron chi connectivity index (χ0n) is 13.8. The molecule has 0 saturated heterocycles. The van der Waals surface area contributed by atoms with Crippen LogP contribution < -0.4 is 10.6 Å². The average Bonchev–Trinajstić information content (AvgIpc) is 2.59. The second kappa shape index (κ2) is 7.01. The fourth-order valence-electron chi connectivity index (χ4n) is 2.51. The third-order valence-electron chi connectivity index (χ3n) is 3.90. The number of hydrogen-bond donors (Lipinski definition) is 2. The van der Waals surface area contributed by atoms with E-state index in [4.69, 9.17) is 0 Å². The van der Waals surface area contributed by atoms with Crippen molar-refractivity contribution in [1.29, 1.82) is 0 Å². The molecule has 120 valence electrons. The minimum Gasteiger partial charge on any atom is -0.354 e. The fraction of sp³-hybridized carbons (Fsp3) is 0.0952. The molecule has 1 amide bonds. The van der Waals surface area contributed by atoms with Crippen molar-refractivity contribution in [2.75, 3.05) is 10.6 Å². The van der Waals surface area contributed by atoms with Crippen LogP contribution in [0.15, 0.2) is 72.8 Å². The normalized spacial score (nSPS) is 10.2. The Morgan fingerprint density at radius 2 is 1.38 bits per heavy atom. The SMILES string of the molecule is Cc1ccc(Nc2ccccc2NC(=O)c2ccccc2C)cc1. The molecule has 0 radical (unpaired) electrons. The Morgan fingerprint density at radius 1 is 0.750 bits per heavy atom. The highest BCUT2D eigenvalue weighted by Gasteiger charge is 2.11. The molecule has 0 spiro atoms. The quantitative estimate of drug-likeness (QED) is 0.686. The van der Waals surface area contributed by atoms with Gasteiger partial charge in [-0.05, 0) is 49.7 Å². The molecule has 3 aromatic rings. The van der Waals surface area contributed by atoms with Gasteiger partial charge < -0.3 is 10.6 Å². The number of amides is 1. The molecule has 2 N–H and O–H groups in total. The second-order valence-electron chi connectivity index (χ2n) is 5.81. The van der Waals surface area contributed by atoms with E-state index < -0.39 is 0 Å². The summed E-state index contributed by atoms with van der Waals surface area (Å²) >= 11 is 0. The Morgan fingerprint density at radius 3 is 2.08 bits per heavy atom.